The smallest absolute Gasteiger partial charge is 0.416 e. The Hall–Kier alpha value is -1.59. The fourth-order valence-electron chi connectivity index (χ4n) is 3.14. The van der Waals surface area contributed by atoms with Gasteiger partial charge in [0, 0.05) is 0 Å². The molecule has 1 nitrogen and oxygen atoms in total. The molecule has 0 aliphatic heterocycles. The summed E-state index contributed by atoms with van der Waals surface area (Å²) in [7, 11) is -2.62. The van der Waals surface area contributed by atoms with Crippen molar-refractivity contribution in [1.29, 1.82) is 0 Å². The second-order valence-electron chi connectivity index (χ2n) is 6.79. The zero-order valence-corrected chi connectivity index (χ0v) is 15.4. The van der Waals surface area contributed by atoms with Crippen molar-refractivity contribution in [2.24, 2.45) is 0 Å². The van der Waals surface area contributed by atoms with Crippen LogP contribution in [-0.2, 0) is 6.18 Å². The number of hydrogen-bond donors (Lipinski definition) is 1. The van der Waals surface area contributed by atoms with Crippen LogP contribution < -0.4 is 5.19 Å². The maximum absolute atomic E-state index is 12.9. The van der Waals surface area contributed by atoms with Crippen molar-refractivity contribution in [1.82, 2.24) is 0 Å². The summed E-state index contributed by atoms with van der Waals surface area (Å²) in [6.07, 6.45) is -4.35. The number of rotatable bonds is 4. The zero-order valence-electron chi connectivity index (χ0n) is 14.4. The van der Waals surface area contributed by atoms with E-state index >= 15 is 0 Å². The molecule has 0 bridgehead atoms. The summed E-state index contributed by atoms with van der Waals surface area (Å²) in [5.41, 5.74) is 0.914. The van der Waals surface area contributed by atoms with E-state index in [2.05, 4.69) is 0 Å². The highest BCUT2D eigenvalue weighted by molar-refractivity contribution is 6.87. The van der Waals surface area contributed by atoms with Crippen molar-refractivity contribution in [2.45, 2.75) is 45.0 Å². The van der Waals surface area contributed by atoms with Crippen LogP contribution in [0.15, 0.2) is 48.5 Å². The Labute approximate surface area is 142 Å². The first kappa shape index (κ1) is 18.7. The molecule has 24 heavy (non-hydrogen) atoms. The van der Waals surface area contributed by atoms with Crippen LogP contribution in [0.4, 0.5) is 13.2 Å². The largest absolute Gasteiger partial charge is 0.427 e. The Morgan fingerprint density at radius 3 is 1.83 bits per heavy atom. The SMILES string of the molecule is CC(C)[Si](O)(c1ccc(-c2cccc(C(F)(F)F)c2)cc1)C(C)C. The Kier molecular flexibility index (Phi) is 5.25. The molecule has 2 rings (SSSR count). The molecule has 0 fully saturated rings. The molecule has 2 aromatic rings. The van der Waals surface area contributed by atoms with E-state index in [0.717, 1.165) is 17.3 Å². The zero-order chi connectivity index (χ0) is 18.1. The van der Waals surface area contributed by atoms with Gasteiger partial charge in [-0.3, -0.25) is 0 Å². The lowest BCUT2D eigenvalue weighted by Crippen LogP contribution is -2.53. The minimum absolute atomic E-state index is 0.164. The maximum atomic E-state index is 12.9. The number of halogens is 3. The lowest BCUT2D eigenvalue weighted by Gasteiger charge is -2.33. The lowest BCUT2D eigenvalue weighted by atomic mass is 10.0. The molecule has 0 aliphatic carbocycles. The molecule has 130 valence electrons. The van der Waals surface area contributed by atoms with Crippen molar-refractivity contribution in [3.05, 3.63) is 54.1 Å². The molecular formula is C19H23F3OSi. The van der Waals surface area contributed by atoms with E-state index in [4.69, 9.17) is 0 Å². The maximum Gasteiger partial charge on any atom is 0.416 e. The molecule has 0 amide bonds. The molecule has 0 saturated carbocycles. The van der Waals surface area contributed by atoms with Gasteiger partial charge in [-0.05, 0) is 39.5 Å². The fourth-order valence-corrected chi connectivity index (χ4v) is 6.51. The van der Waals surface area contributed by atoms with Gasteiger partial charge in [0.15, 0.2) is 0 Å². The van der Waals surface area contributed by atoms with E-state index < -0.39 is 20.1 Å². The minimum atomic E-state index is -4.35. The number of hydrogen-bond acceptors (Lipinski definition) is 1. The van der Waals surface area contributed by atoms with Crippen molar-refractivity contribution in [3.63, 3.8) is 0 Å². The molecule has 0 saturated heterocycles. The van der Waals surface area contributed by atoms with Gasteiger partial charge < -0.3 is 4.80 Å². The van der Waals surface area contributed by atoms with Gasteiger partial charge in [-0.25, -0.2) is 0 Å². The minimum Gasteiger partial charge on any atom is -0.427 e. The average molecular weight is 352 g/mol. The van der Waals surface area contributed by atoms with Gasteiger partial charge in [0.05, 0.1) is 5.56 Å². The molecule has 0 spiro atoms. The average Bonchev–Trinajstić information content (AvgIpc) is 2.53. The van der Waals surface area contributed by atoms with E-state index in [1.165, 1.54) is 6.07 Å². The van der Waals surface area contributed by atoms with E-state index in [9.17, 15) is 18.0 Å². The van der Waals surface area contributed by atoms with Gasteiger partial charge >= 0.3 is 6.18 Å². The van der Waals surface area contributed by atoms with Gasteiger partial charge in [0.2, 0.25) is 8.32 Å². The second-order valence-corrected chi connectivity index (χ2v) is 11.3. The van der Waals surface area contributed by atoms with E-state index in [0.29, 0.717) is 11.1 Å². The predicted molar refractivity (Wildman–Crippen MR) is 94.7 cm³/mol. The second kappa shape index (κ2) is 6.73. The molecule has 0 atom stereocenters. The van der Waals surface area contributed by atoms with Gasteiger partial charge in [-0.15, -0.1) is 0 Å². The van der Waals surface area contributed by atoms with Crippen molar-refractivity contribution in [3.8, 4) is 11.1 Å². The van der Waals surface area contributed by atoms with Gasteiger partial charge in [-0.2, -0.15) is 13.2 Å². The first-order valence-corrected chi connectivity index (χ1v) is 10.2. The van der Waals surface area contributed by atoms with Crippen LogP contribution in [0, 0.1) is 0 Å². The highest BCUT2D eigenvalue weighted by atomic mass is 28.4. The van der Waals surface area contributed by atoms with Crippen LogP contribution in [0.25, 0.3) is 11.1 Å². The molecule has 0 unspecified atom stereocenters. The summed E-state index contributed by atoms with van der Waals surface area (Å²) in [5, 5.41) is 0.920. The van der Waals surface area contributed by atoms with Crippen LogP contribution in [0.5, 0.6) is 0 Å². The fraction of sp³-hybridized carbons (Fsp3) is 0.368. The first-order valence-electron chi connectivity index (χ1n) is 8.07. The molecule has 1 N–H and O–H groups in total. The highest BCUT2D eigenvalue weighted by Crippen LogP contribution is 2.33. The Balaban J connectivity index is 2.40. The molecule has 0 aromatic heterocycles. The van der Waals surface area contributed by atoms with Crippen LogP contribution in [-0.4, -0.2) is 13.1 Å². The molecule has 0 heterocycles. The van der Waals surface area contributed by atoms with E-state index in [1.807, 2.05) is 39.8 Å². The number of alkyl halides is 3. The monoisotopic (exact) mass is 352 g/mol. The summed E-state index contributed by atoms with van der Waals surface area (Å²) in [6.45, 7) is 8.08. The van der Waals surface area contributed by atoms with Crippen LogP contribution in [0.3, 0.4) is 0 Å². The summed E-state index contributed by atoms with van der Waals surface area (Å²) < 4.78 is 38.6. The lowest BCUT2D eigenvalue weighted by molar-refractivity contribution is -0.137. The third-order valence-corrected chi connectivity index (χ3v) is 9.41. The third kappa shape index (κ3) is 3.57. The first-order chi connectivity index (χ1) is 11.1. The van der Waals surface area contributed by atoms with E-state index in [1.54, 1.807) is 18.2 Å². The molecule has 0 radical (unpaired) electrons. The normalized spacial score (nSPS) is 12.9. The Bertz CT molecular complexity index is 683. The van der Waals surface area contributed by atoms with Crippen molar-refractivity contribution >= 4 is 13.5 Å². The topological polar surface area (TPSA) is 20.2 Å². The summed E-state index contributed by atoms with van der Waals surface area (Å²) in [5.74, 6) is 0. The summed E-state index contributed by atoms with van der Waals surface area (Å²) in [6, 6.07) is 12.6. The summed E-state index contributed by atoms with van der Waals surface area (Å²) in [4.78, 5) is 11.1. The van der Waals surface area contributed by atoms with Crippen LogP contribution >= 0.6 is 0 Å². The van der Waals surface area contributed by atoms with Crippen LogP contribution in [0.2, 0.25) is 11.1 Å². The summed E-state index contributed by atoms with van der Waals surface area (Å²) >= 11 is 0. The van der Waals surface area contributed by atoms with Gasteiger partial charge in [0.1, 0.15) is 0 Å². The van der Waals surface area contributed by atoms with Crippen LogP contribution in [0.1, 0.15) is 33.3 Å². The van der Waals surface area contributed by atoms with Crippen molar-refractivity contribution in [2.75, 3.05) is 0 Å². The molecule has 0 aliphatic rings. The highest BCUT2D eigenvalue weighted by Gasteiger charge is 2.40. The predicted octanol–water partition coefficient (Wildman–Crippen LogP) is 5.34. The number of benzene rings is 2. The standard InChI is InChI=1S/C19H23F3OSi/c1-13(2)24(23,14(3)4)18-10-8-15(9-11-18)16-6-5-7-17(12-16)19(20,21)22/h5-14,23H,1-4H3. The molecule has 2 aromatic carbocycles. The Morgan fingerprint density at radius 2 is 1.38 bits per heavy atom. The van der Waals surface area contributed by atoms with Gasteiger partial charge in [0.25, 0.3) is 0 Å². The molecular weight excluding hydrogens is 329 g/mol. The quantitative estimate of drug-likeness (QED) is 0.737. The van der Waals surface area contributed by atoms with E-state index in [-0.39, 0.29) is 11.1 Å². The Morgan fingerprint density at radius 1 is 0.833 bits per heavy atom. The van der Waals surface area contributed by atoms with Gasteiger partial charge in [-0.1, -0.05) is 64.1 Å². The third-order valence-electron chi connectivity index (χ3n) is 4.63. The molecule has 5 heteroatoms. The van der Waals surface area contributed by atoms with Crippen molar-refractivity contribution < 1.29 is 18.0 Å².